The topological polar surface area (TPSA) is 175 Å². The molecular formula is C18H23N5O7S. The molecule has 2 saturated carbocycles. The number of fused-ring (bicyclic) bond motifs is 1. The highest BCUT2D eigenvalue weighted by atomic mass is 32.2. The summed E-state index contributed by atoms with van der Waals surface area (Å²) in [5.74, 6) is -5.99. The standard InChI is InChI=1S/C18H23N5O7S/c1-8(30-17(2,3)4)13(25)23(21-7-24)18(15(28)29)5-9(31-16-19-6-20-22-16)10-11(12(10)18)14(26)27/h6,8-12H,5H2,1-4H3,(H,26,27)(H,28,29)(H,19,20,22)/t8-,9-,10-,11-,12-,18-/m0/s1. The highest BCUT2D eigenvalue weighted by Gasteiger charge is 2.78. The van der Waals surface area contributed by atoms with Gasteiger partial charge in [-0.2, -0.15) is 0 Å². The van der Waals surface area contributed by atoms with E-state index in [-0.39, 0.29) is 6.42 Å². The molecule has 1 amide bonds. The fourth-order valence-electron chi connectivity index (χ4n) is 4.50. The van der Waals surface area contributed by atoms with Gasteiger partial charge in [0.1, 0.15) is 12.4 Å². The van der Waals surface area contributed by atoms with Crippen molar-refractivity contribution in [1.29, 1.82) is 0 Å². The lowest BCUT2D eigenvalue weighted by atomic mass is 9.89. The first-order valence-corrected chi connectivity index (χ1v) is 10.4. The molecule has 168 valence electrons. The lowest BCUT2D eigenvalue weighted by molar-refractivity contribution is -0.171. The summed E-state index contributed by atoms with van der Waals surface area (Å²) >= 11 is 1.15. The van der Waals surface area contributed by atoms with Gasteiger partial charge in [-0.1, -0.05) is 16.9 Å². The summed E-state index contributed by atoms with van der Waals surface area (Å²) in [6, 6.07) is 0. The van der Waals surface area contributed by atoms with Gasteiger partial charge in [0.25, 0.3) is 12.0 Å². The van der Waals surface area contributed by atoms with Crippen LogP contribution < -0.4 is 0 Å². The van der Waals surface area contributed by atoms with E-state index >= 15 is 0 Å². The minimum atomic E-state index is -2.03. The number of rotatable bonds is 8. The maximum Gasteiger partial charge on any atom is 0.332 e. The Kier molecular flexibility index (Phi) is 5.96. The second kappa shape index (κ2) is 8.06. The average Bonchev–Trinajstić information content (AvgIpc) is 3.03. The molecule has 13 heteroatoms. The summed E-state index contributed by atoms with van der Waals surface area (Å²) < 4.78 is 5.63. The highest BCUT2D eigenvalue weighted by molar-refractivity contribution is 7.99. The summed E-state index contributed by atoms with van der Waals surface area (Å²) in [7, 11) is 0. The monoisotopic (exact) mass is 453 g/mol. The fraction of sp³-hybridized carbons (Fsp3) is 0.667. The van der Waals surface area contributed by atoms with Gasteiger partial charge in [-0.15, -0.1) is 10.2 Å². The van der Waals surface area contributed by atoms with Gasteiger partial charge in [-0.3, -0.25) is 9.59 Å². The average molecular weight is 453 g/mol. The third-order valence-electron chi connectivity index (χ3n) is 5.49. The van der Waals surface area contributed by atoms with Gasteiger partial charge in [0, 0.05) is 11.2 Å². The number of nitrogens with zero attached hydrogens (tertiary/aromatic N) is 4. The number of amides is 1. The molecule has 0 radical (unpaired) electrons. The summed E-state index contributed by atoms with van der Waals surface area (Å²) in [6.07, 6.45) is 1.33. The first-order chi connectivity index (χ1) is 14.4. The molecule has 12 nitrogen and oxygen atoms in total. The molecular weight excluding hydrogens is 430 g/mol. The van der Waals surface area contributed by atoms with Crippen LogP contribution in [0, 0.1) is 17.8 Å². The summed E-state index contributed by atoms with van der Waals surface area (Å²) in [5, 5.41) is 31.3. The quantitative estimate of drug-likeness (QED) is 0.289. The molecule has 2 aliphatic rings. The SMILES string of the molecule is C[C@H](OC(C)(C)C)C(=O)N(N=C=O)[C@@]1(C(=O)O)C[C@H](Sc2nnc[nH]2)[C@H]2[C@H](C(=O)O)[C@H]21. The first kappa shape index (κ1) is 22.9. The number of H-pyrrole nitrogens is 1. The van der Waals surface area contributed by atoms with Crippen LogP contribution in [0.3, 0.4) is 0 Å². The molecule has 3 rings (SSSR count). The van der Waals surface area contributed by atoms with Crippen molar-refractivity contribution in [3.05, 3.63) is 6.33 Å². The summed E-state index contributed by atoms with van der Waals surface area (Å²) in [4.78, 5) is 51.5. The molecule has 0 aliphatic heterocycles. The molecule has 1 heterocycles. The predicted molar refractivity (Wildman–Crippen MR) is 104 cm³/mol. The van der Waals surface area contributed by atoms with Gasteiger partial charge >= 0.3 is 11.9 Å². The maximum absolute atomic E-state index is 13.2. The van der Waals surface area contributed by atoms with Crippen LogP contribution in [-0.4, -0.2) is 76.8 Å². The number of aliphatic carboxylic acids is 2. The van der Waals surface area contributed by atoms with E-state index in [0.29, 0.717) is 10.2 Å². The Morgan fingerprint density at radius 2 is 2.10 bits per heavy atom. The van der Waals surface area contributed by atoms with Gasteiger partial charge in [0.05, 0.1) is 11.5 Å². The summed E-state index contributed by atoms with van der Waals surface area (Å²) in [6.45, 7) is 6.57. The second-order valence-electron chi connectivity index (χ2n) is 8.56. The van der Waals surface area contributed by atoms with Crippen molar-refractivity contribution in [2.45, 2.75) is 61.8 Å². The zero-order chi connectivity index (χ0) is 23.1. The Hall–Kier alpha value is -2.76. The van der Waals surface area contributed by atoms with Crippen LogP contribution in [0.25, 0.3) is 0 Å². The maximum atomic E-state index is 13.2. The van der Waals surface area contributed by atoms with Crippen LogP contribution in [0.2, 0.25) is 0 Å². The molecule has 0 unspecified atom stereocenters. The molecule has 3 N–H and O–H groups in total. The van der Waals surface area contributed by atoms with Gasteiger partial charge in [0.2, 0.25) is 0 Å². The highest BCUT2D eigenvalue weighted by Crippen LogP contribution is 2.67. The molecule has 1 aromatic rings. The van der Waals surface area contributed by atoms with E-state index in [4.69, 9.17) is 4.74 Å². The van der Waals surface area contributed by atoms with Gasteiger partial charge in [-0.25, -0.2) is 14.6 Å². The third-order valence-corrected chi connectivity index (χ3v) is 6.69. The number of aromatic amines is 1. The zero-order valence-corrected chi connectivity index (χ0v) is 18.1. The van der Waals surface area contributed by atoms with Gasteiger partial charge < -0.3 is 19.9 Å². The van der Waals surface area contributed by atoms with E-state index in [1.807, 2.05) is 0 Å². The number of hydrazone groups is 1. The van der Waals surface area contributed by atoms with Crippen molar-refractivity contribution >= 4 is 35.7 Å². The number of ether oxygens (including phenoxy) is 1. The van der Waals surface area contributed by atoms with Crippen molar-refractivity contribution in [3.8, 4) is 0 Å². The lowest BCUT2D eigenvalue weighted by Crippen LogP contribution is -2.59. The largest absolute Gasteiger partial charge is 0.481 e. The molecule has 31 heavy (non-hydrogen) atoms. The zero-order valence-electron chi connectivity index (χ0n) is 17.3. The Labute approximate surface area is 181 Å². The van der Waals surface area contributed by atoms with Crippen LogP contribution in [-0.2, 0) is 23.9 Å². The number of carbonyl (C=O) groups is 3. The van der Waals surface area contributed by atoms with Crippen LogP contribution in [0.4, 0.5) is 0 Å². The number of carbonyl (C=O) groups excluding carboxylic acids is 2. The van der Waals surface area contributed by atoms with Crippen LogP contribution in [0.15, 0.2) is 16.6 Å². The van der Waals surface area contributed by atoms with Crippen LogP contribution >= 0.6 is 11.8 Å². The number of nitrogens with one attached hydrogen (secondary N) is 1. The summed E-state index contributed by atoms with van der Waals surface area (Å²) in [5.41, 5.74) is -2.76. The Morgan fingerprint density at radius 3 is 2.58 bits per heavy atom. The molecule has 0 bridgehead atoms. The van der Waals surface area contributed by atoms with E-state index in [9.17, 15) is 29.4 Å². The minimum absolute atomic E-state index is 0.133. The van der Waals surface area contributed by atoms with E-state index in [0.717, 1.165) is 11.8 Å². The molecule has 6 atom stereocenters. The molecule has 2 aliphatic carbocycles. The fourth-order valence-corrected chi connectivity index (χ4v) is 5.84. The molecule has 1 aromatic heterocycles. The number of hydrogen-bond acceptors (Lipinski definition) is 9. The van der Waals surface area contributed by atoms with E-state index in [1.54, 1.807) is 20.8 Å². The molecule has 0 saturated heterocycles. The van der Waals surface area contributed by atoms with Crippen molar-refractivity contribution in [2.75, 3.05) is 0 Å². The number of carboxylic acid groups (broad SMARTS) is 2. The number of carboxylic acids is 2. The smallest absolute Gasteiger partial charge is 0.332 e. The first-order valence-electron chi connectivity index (χ1n) is 9.52. The van der Waals surface area contributed by atoms with Crippen molar-refractivity contribution in [1.82, 2.24) is 20.2 Å². The van der Waals surface area contributed by atoms with E-state index in [2.05, 4.69) is 20.3 Å². The van der Waals surface area contributed by atoms with Crippen LogP contribution in [0.1, 0.15) is 34.1 Å². The molecule has 0 aromatic carbocycles. The van der Waals surface area contributed by atoms with Gasteiger partial charge in [-0.05, 0) is 40.0 Å². The Bertz CT molecular complexity index is 926. The predicted octanol–water partition coefficient (Wildman–Crippen LogP) is 0.722. The van der Waals surface area contributed by atoms with Crippen molar-refractivity contribution in [2.24, 2.45) is 22.9 Å². The molecule has 0 spiro atoms. The van der Waals surface area contributed by atoms with E-state index in [1.165, 1.54) is 19.3 Å². The Balaban J connectivity index is 2.01. The number of isocyanates is 1. The van der Waals surface area contributed by atoms with E-state index < -0.39 is 58.1 Å². The number of thioether (sulfide) groups is 1. The normalized spacial score (nSPS) is 30.1. The Morgan fingerprint density at radius 1 is 1.42 bits per heavy atom. The minimum Gasteiger partial charge on any atom is -0.481 e. The van der Waals surface area contributed by atoms with Crippen molar-refractivity contribution in [3.63, 3.8) is 0 Å². The van der Waals surface area contributed by atoms with Gasteiger partial charge in [0.15, 0.2) is 10.7 Å². The number of aromatic nitrogens is 3. The van der Waals surface area contributed by atoms with Crippen LogP contribution in [0.5, 0.6) is 0 Å². The number of hydrogen-bond donors (Lipinski definition) is 3. The molecule has 2 fully saturated rings. The second-order valence-corrected chi connectivity index (χ2v) is 9.79. The lowest BCUT2D eigenvalue weighted by Gasteiger charge is -2.37. The third kappa shape index (κ3) is 4.08. The van der Waals surface area contributed by atoms with Crippen molar-refractivity contribution < 1.29 is 34.1 Å².